The van der Waals surface area contributed by atoms with Crippen LogP contribution in [0.15, 0.2) is 40.8 Å². The number of nitrogens with zero attached hydrogens (tertiary/aromatic N) is 1. The molecule has 0 amide bonds. The normalized spacial score (nSPS) is 14.4. The molecule has 1 atom stereocenters. The number of aliphatic hydroxyl groups excluding tert-OH is 1. The van der Waals surface area contributed by atoms with E-state index in [1.807, 2.05) is 12.1 Å². The molecule has 9 nitrogen and oxygen atoms in total. The van der Waals surface area contributed by atoms with Crippen LogP contribution in [0.5, 0.6) is 11.5 Å². The minimum absolute atomic E-state index is 0. The van der Waals surface area contributed by atoms with Gasteiger partial charge in [-0.1, -0.05) is 6.07 Å². The Kier molecular flexibility index (Phi) is 8.89. The molecule has 0 spiro atoms. The molecule has 2 aromatic carbocycles. The number of aliphatic hydroxyl groups is 1. The molecule has 35 heavy (non-hydrogen) atoms. The lowest BCUT2D eigenvalue weighted by Gasteiger charge is -2.17. The Labute approximate surface area is 211 Å². The van der Waals surface area contributed by atoms with E-state index in [1.165, 1.54) is 50.0 Å². The van der Waals surface area contributed by atoms with Gasteiger partial charge in [-0.15, -0.1) is 12.4 Å². The number of aryl methyl sites for hydroxylation is 2. The van der Waals surface area contributed by atoms with E-state index in [2.05, 4.69) is 16.1 Å². The first-order valence-corrected chi connectivity index (χ1v) is 12.8. The summed E-state index contributed by atoms with van der Waals surface area (Å²) in [5, 5.41) is 24.7. The van der Waals surface area contributed by atoms with E-state index < -0.39 is 16.3 Å². The van der Waals surface area contributed by atoms with E-state index in [4.69, 9.17) is 9.15 Å². The minimum Gasteiger partial charge on any atom is -0.506 e. The van der Waals surface area contributed by atoms with E-state index in [0.717, 1.165) is 34.2 Å². The molecule has 4 N–H and O–H groups in total. The zero-order valence-electron chi connectivity index (χ0n) is 19.8. The number of fused-ring (bicyclic) bond motifs is 3. The molecule has 0 unspecified atom stereocenters. The molecule has 0 radical (unpaired) electrons. The van der Waals surface area contributed by atoms with Crippen LogP contribution >= 0.6 is 12.4 Å². The van der Waals surface area contributed by atoms with Crippen LogP contribution < -0.4 is 14.8 Å². The lowest BCUT2D eigenvalue weighted by atomic mass is 9.96. The van der Waals surface area contributed by atoms with Gasteiger partial charge in [0, 0.05) is 50.6 Å². The summed E-state index contributed by atoms with van der Waals surface area (Å²) in [5.41, 5.74) is 2.66. The van der Waals surface area contributed by atoms with Crippen molar-refractivity contribution in [2.75, 3.05) is 38.5 Å². The molecule has 192 valence electrons. The highest BCUT2D eigenvalue weighted by atomic mass is 35.5. The van der Waals surface area contributed by atoms with Crippen LogP contribution in [0, 0.1) is 0 Å². The van der Waals surface area contributed by atoms with Gasteiger partial charge in [0.15, 0.2) is 0 Å². The fourth-order valence-corrected chi connectivity index (χ4v) is 4.63. The second-order valence-electron chi connectivity index (χ2n) is 8.60. The van der Waals surface area contributed by atoms with E-state index >= 15 is 0 Å². The average molecular weight is 526 g/mol. The third-order valence-electron chi connectivity index (χ3n) is 5.94. The largest absolute Gasteiger partial charge is 0.506 e. The van der Waals surface area contributed by atoms with Gasteiger partial charge >= 0.3 is 10.2 Å². The number of anilines is 1. The molecular weight excluding hydrogens is 494 g/mol. The second kappa shape index (κ2) is 11.5. The predicted molar refractivity (Wildman–Crippen MR) is 138 cm³/mol. The summed E-state index contributed by atoms with van der Waals surface area (Å²) >= 11 is 0. The summed E-state index contributed by atoms with van der Waals surface area (Å²) < 4.78 is 39.2. The van der Waals surface area contributed by atoms with Crippen LogP contribution in [0.3, 0.4) is 0 Å². The lowest BCUT2D eigenvalue weighted by molar-refractivity contribution is 0.172. The third kappa shape index (κ3) is 6.39. The maximum absolute atomic E-state index is 12.0. The van der Waals surface area contributed by atoms with Crippen LogP contribution in [-0.2, 0) is 23.1 Å². The van der Waals surface area contributed by atoms with Crippen molar-refractivity contribution in [1.29, 1.82) is 0 Å². The zero-order chi connectivity index (χ0) is 24.3. The topological polar surface area (TPSA) is 124 Å². The lowest BCUT2D eigenvalue weighted by Crippen LogP contribution is -2.29. The second-order valence-corrected chi connectivity index (χ2v) is 10.5. The van der Waals surface area contributed by atoms with Crippen molar-refractivity contribution in [3.8, 4) is 11.5 Å². The van der Waals surface area contributed by atoms with Gasteiger partial charge in [-0.3, -0.25) is 4.72 Å². The number of ether oxygens (including phenoxy) is 1. The molecule has 1 aliphatic rings. The molecule has 4 rings (SSSR count). The molecule has 0 aliphatic heterocycles. The standard InChI is InChI=1S/C24H31N3O6S.ClH/c1-27(2)34(30,31)26-20-13-16(7-10-21(20)28)22(29)15-25-11-12-32-17-8-9-19-18-5-3-4-6-23(18)33-24(19)14-17;/h7-10,13-14,22,25-26,28-29H,3-6,11-12,15H2,1-2H3;1H/t22-;/m0./s1. The number of halogens is 1. The minimum atomic E-state index is -3.78. The van der Waals surface area contributed by atoms with Crippen molar-refractivity contribution in [2.45, 2.75) is 31.8 Å². The van der Waals surface area contributed by atoms with Gasteiger partial charge in [-0.2, -0.15) is 12.7 Å². The highest BCUT2D eigenvalue weighted by Gasteiger charge is 2.19. The number of benzene rings is 2. The summed E-state index contributed by atoms with van der Waals surface area (Å²) in [4.78, 5) is 0. The molecular formula is C24H32ClN3O6S. The first-order chi connectivity index (χ1) is 16.2. The zero-order valence-corrected chi connectivity index (χ0v) is 21.4. The molecule has 0 fully saturated rings. The molecule has 0 bridgehead atoms. The maximum atomic E-state index is 12.0. The van der Waals surface area contributed by atoms with E-state index in [9.17, 15) is 18.6 Å². The quantitative estimate of drug-likeness (QED) is 0.236. The van der Waals surface area contributed by atoms with Gasteiger partial charge in [0.25, 0.3) is 0 Å². The van der Waals surface area contributed by atoms with E-state index in [0.29, 0.717) is 18.7 Å². The number of hydrogen-bond acceptors (Lipinski definition) is 7. The van der Waals surface area contributed by atoms with Crippen molar-refractivity contribution in [3.05, 3.63) is 53.3 Å². The number of hydrogen-bond donors (Lipinski definition) is 4. The number of aromatic hydroxyl groups is 1. The van der Waals surface area contributed by atoms with Crippen LogP contribution in [0.25, 0.3) is 11.0 Å². The number of nitrogens with one attached hydrogen (secondary N) is 2. The summed E-state index contributed by atoms with van der Waals surface area (Å²) in [6, 6.07) is 10.2. The molecule has 0 saturated carbocycles. The first kappa shape index (κ1) is 27.1. The fourth-order valence-electron chi connectivity index (χ4n) is 4.00. The Morgan fingerprint density at radius 1 is 1.14 bits per heavy atom. The predicted octanol–water partition coefficient (Wildman–Crippen LogP) is 3.36. The van der Waals surface area contributed by atoms with Crippen molar-refractivity contribution in [2.24, 2.45) is 0 Å². The van der Waals surface area contributed by atoms with E-state index in [-0.39, 0.29) is 30.4 Å². The summed E-state index contributed by atoms with van der Waals surface area (Å²) in [6.45, 7) is 1.14. The summed E-state index contributed by atoms with van der Waals surface area (Å²) in [5.74, 6) is 1.61. The first-order valence-electron chi connectivity index (χ1n) is 11.3. The van der Waals surface area contributed by atoms with Crippen molar-refractivity contribution < 1.29 is 27.8 Å². The maximum Gasteiger partial charge on any atom is 0.301 e. The van der Waals surface area contributed by atoms with Crippen LogP contribution in [0.1, 0.15) is 35.8 Å². The monoisotopic (exact) mass is 525 g/mol. The highest BCUT2D eigenvalue weighted by Crippen LogP contribution is 2.33. The number of phenols is 1. The van der Waals surface area contributed by atoms with Crippen molar-refractivity contribution in [3.63, 3.8) is 0 Å². The van der Waals surface area contributed by atoms with Crippen LogP contribution in [0.2, 0.25) is 0 Å². The fraction of sp³-hybridized carbons (Fsp3) is 0.417. The van der Waals surface area contributed by atoms with Gasteiger partial charge in [0.2, 0.25) is 0 Å². The van der Waals surface area contributed by atoms with Crippen molar-refractivity contribution in [1.82, 2.24) is 9.62 Å². The number of furan rings is 1. The average Bonchev–Trinajstić information content (AvgIpc) is 3.17. The van der Waals surface area contributed by atoms with E-state index in [1.54, 1.807) is 6.07 Å². The highest BCUT2D eigenvalue weighted by molar-refractivity contribution is 7.90. The summed E-state index contributed by atoms with van der Waals surface area (Å²) in [7, 11) is -1.02. The molecule has 1 heterocycles. The Morgan fingerprint density at radius 3 is 2.69 bits per heavy atom. The molecule has 1 aromatic heterocycles. The smallest absolute Gasteiger partial charge is 0.301 e. The Bertz CT molecular complexity index is 1260. The van der Waals surface area contributed by atoms with Gasteiger partial charge in [-0.05, 0) is 49.1 Å². The van der Waals surface area contributed by atoms with Gasteiger partial charge in [-0.25, -0.2) is 0 Å². The van der Waals surface area contributed by atoms with Crippen LogP contribution in [0.4, 0.5) is 5.69 Å². The van der Waals surface area contributed by atoms with Crippen LogP contribution in [-0.4, -0.2) is 56.7 Å². The Morgan fingerprint density at radius 2 is 1.91 bits per heavy atom. The molecule has 0 saturated heterocycles. The van der Waals surface area contributed by atoms with Gasteiger partial charge < -0.3 is 24.7 Å². The Balaban J connectivity index is 0.00000342. The molecule has 1 aliphatic carbocycles. The number of rotatable bonds is 10. The Hall–Kier alpha value is -2.50. The van der Waals surface area contributed by atoms with Crippen molar-refractivity contribution >= 4 is 39.3 Å². The summed E-state index contributed by atoms with van der Waals surface area (Å²) in [6.07, 6.45) is 3.54. The SMILES string of the molecule is CN(C)S(=O)(=O)Nc1cc([C@@H](O)CNCCOc2ccc3c4c(oc3c2)CCCC4)ccc1O.Cl. The molecule has 11 heteroatoms. The van der Waals surface area contributed by atoms with Gasteiger partial charge in [0.05, 0.1) is 11.8 Å². The number of phenolic OH excluding ortho intramolecular Hbond substituents is 1. The third-order valence-corrected chi connectivity index (χ3v) is 7.38. The van der Waals surface area contributed by atoms with Gasteiger partial charge in [0.1, 0.15) is 29.4 Å². The molecule has 3 aromatic rings.